The maximum atomic E-state index is 10.5. The Kier molecular flexibility index (Phi) is 2.44. The first-order valence-electron chi connectivity index (χ1n) is 3.46. The van der Waals surface area contributed by atoms with E-state index in [9.17, 15) is 10.1 Å². The van der Waals surface area contributed by atoms with E-state index in [0.717, 1.165) is 0 Å². The zero-order valence-electron chi connectivity index (χ0n) is 6.68. The van der Waals surface area contributed by atoms with Gasteiger partial charge in [0, 0.05) is 0 Å². The molecule has 0 radical (unpaired) electrons. The third-order valence-electron chi connectivity index (χ3n) is 1.39. The summed E-state index contributed by atoms with van der Waals surface area (Å²) in [6.45, 7) is 0. The second-order valence-corrected chi connectivity index (χ2v) is 2.27. The van der Waals surface area contributed by atoms with Gasteiger partial charge in [0.1, 0.15) is 5.69 Å². The summed E-state index contributed by atoms with van der Waals surface area (Å²) in [5.41, 5.74) is 5.30. The quantitative estimate of drug-likeness (QED) is 0.301. The van der Waals surface area contributed by atoms with Crippen LogP contribution < -0.4 is 10.7 Å². The smallest absolute Gasteiger partial charge is 0.258 e. The maximum absolute atomic E-state index is 10.5. The van der Waals surface area contributed by atoms with Gasteiger partial charge in [0.15, 0.2) is 5.03 Å². The highest BCUT2D eigenvalue weighted by molar-refractivity contribution is 5.89. The summed E-state index contributed by atoms with van der Waals surface area (Å²) < 4.78 is 0. The molecule has 1 aromatic rings. The van der Waals surface area contributed by atoms with Crippen molar-refractivity contribution in [3.63, 3.8) is 0 Å². The Balaban J connectivity index is 3.03. The van der Waals surface area contributed by atoms with Gasteiger partial charge in [-0.2, -0.15) is 0 Å². The van der Waals surface area contributed by atoms with Crippen LogP contribution >= 0.6 is 0 Å². The second-order valence-electron chi connectivity index (χ2n) is 2.27. The van der Waals surface area contributed by atoms with Crippen molar-refractivity contribution < 1.29 is 5.03 Å². The first-order chi connectivity index (χ1) is 6.13. The molecular formula is C7H8N4O2. The van der Waals surface area contributed by atoms with E-state index >= 15 is 0 Å². The van der Waals surface area contributed by atoms with E-state index in [2.05, 4.69) is 0 Å². The molecule has 6 heteroatoms. The van der Waals surface area contributed by atoms with Crippen molar-refractivity contribution in [2.75, 3.05) is 5.01 Å². The van der Waals surface area contributed by atoms with Crippen LogP contribution in [0, 0.1) is 15.5 Å². The number of anilines is 1. The van der Waals surface area contributed by atoms with Gasteiger partial charge in [-0.05, 0) is 17.1 Å². The number of hydrazine groups is 1. The molecule has 0 aliphatic rings. The first-order valence-corrected chi connectivity index (χ1v) is 3.46. The third-order valence-corrected chi connectivity index (χ3v) is 1.39. The molecule has 0 aromatic heterocycles. The lowest BCUT2D eigenvalue weighted by Gasteiger charge is -2.10. The number of nitrogens with two attached hydrogens (primary N) is 1. The van der Waals surface area contributed by atoms with Crippen LogP contribution in [0.15, 0.2) is 30.3 Å². The fraction of sp³-hybridized carbons (Fsp3) is 0. The molecule has 0 aliphatic carbocycles. The van der Waals surface area contributed by atoms with Gasteiger partial charge in [0.05, 0.1) is 0 Å². The van der Waals surface area contributed by atoms with E-state index in [0.29, 0.717) is 5.01 Å². The number of rotatable bonds is 2. The Morgan fingerprint density at radius 2 is 2.00 bits per heavy atom. The fourth-order valence-corrected chi connectivity index (χ4v) is 0.891. The largest absolute Gasteiger partial charge is 0.365 e. The molecule has 3 N–H and O–H groups in total. The number of nitro groups is 1. The molecule has 6 nitrogen and oxygen atoms in total. The third kappa shape index (κ3) is 1.92. The standard InChI is InChI=1S/C7H8N4O2/c8-7(9)10(11(12)13)6-4-2-1-3-5-6/h1-5H,(H3,8,9). The SMILES string of the molecule is N=C(N)N(c1ccccc1)[N+](=O)[O-]. The van der Waals surface area contributed by atoms with E-state index in [1.807, 2.05) is 0 Å². The van der Waals surface area contributed by atoms with Crippen LogP contribution in [0.2, 0.25) is 0 Å². The van der Waals surface area contributed by atoms with Crippen molar-refractivity contribution >= 4 is 11.6 Å². The number of nitrogens with one attached hydrogen (secondary N) is 1. The van der Waals surface area contributed by atoms with E-state index in [1.54, 1.807) is 18.2 Å². The lowest BCUT2D eigenvalue weighted by atomic mass is 10.3. The summed E-state index contributed by atoms with van der Waals surface area (Å²) in [7, 11) is 0. The molecule has 0 aliphatic heterocycles. The van der Waals surface area contributed by atoms with E-state index in [-0.39, 0.29) is 5.69 Å². The van der Waals surface area contributed by atoms with Crippen LogP contribution in [-0.2, 0) is 0 Å². The van der Waals surface area contributed by atoms with Crippen LogP contribution in [0.5, 0.6) is 0 Å². The summed E-state index contributed by atoms with van der Waals surface area (Å²) >= 11 is 0. The van der Waals surface area contributed by atoms with Crippen molar-refractivity contribution in [3.05, 3.63) is 40.4 Å². The Morgan fingerprint density at radius 1 is 1.46 bits per heavy atom. The van der Waals surface area contributed by atoms with Gasteiger partial charge < -0.3 is 5.73 Å². The minimum absolute atomic E-state index is 0.264. The summed E-state index contributed by atoms with van der Waals surface area (Å²) in [5, 5.41) is 17.2. The van der Waals surface area contributed by atoms with Gasteiger partial charge in [0.2, 0.25) is 0 Å². The highest BCUT2D eigenvalue weighted by Gasteiger charge is 2.19. The molecule has 0 bridgehead atoms. The van der Waals surface area contributed by atoms with Crippen molar-refractivity contribution in [2.45, 2.75) is 0 Å². The molecule has 0 unspecified atom stereocenters. The Labute approximate surface area is 74.2 Å². The van der Waals surface area contributed by atoms with Crippen molar-refractivity contribution in [1.82, 2.24) is 0 Å². The van der Waals surface area contributed by atoms with Gasteiger partial charge in [-0.3, -0.25) is 5.41 Å². The summed E-state index contributed by atoms with van der Waals surface area (Å²) in [6, 6.07) is 8.00. The lowest BCUT2D eigenvalue weighted by molar-refractivity contribution is -0.479. The number of benzene rings is 1. The van der Waals surface area contributed by atoms with Crippen LogP contribution in [-0.4, -0.2) is 11.0 Å². The molecule has 0 saturated carbocycles. The summed E-state index contributed by atoms with van der Waals surface area (Å²) in [5.74, 6) is -0.615. The molecule has 0 spiro atoms. The molecular weight excluding hydrogens is 172 g/mol. The van der Waals surface area contributed by atoms with E-state index < -0.39 is 11.0 Å². The highest BCUT2D eigenvalue weighted by Crippen LogP contribution is 2.11. The zero-order chi connectivity index (χ0) is 9.84. The van der Waals surface area contributed by atoms with Crippen molar-refractivity contribution in [2.24, 2.45) is 5.73 Å². The predicted molar refractivity (Wildman–Crippen MR) is 47.8 cm³/mol. The molecule has 13 heavy (non-hydrogen) atoms. The second kappa shape index (κ2) is 3.53. The molecule has 0 heterocycles. The van der Waals surface area contributed by atoms with Gasteiger partial charge in [-0.1, -0.05) is 18.2 Å². The van der Waals surface area contributed by atoms with Gasteiger partial charge in [-0.15, -0.1) is 0 Å². The predicted octanol–water partition coefficient (Wildman–Crippen LogP) is 0.578. The number of guanidine groups is 1. The minimum Gasteiger partial charge on any atom is -0.365 e. The lowest BCUT2D eigenvalue weighted by Crippen LogP contribution is -2.40. The summed E-state index contributed by atoms with van der Waals surface area (Å²) in [4.78, 5) is 10.5. The van der Waals surface area contributed by atoms with Crippen LogP contribution in [0.1, 0.15) is 0 Å². The number of hydrogen-bond acceptors (Lipinski definition) is 3. The Hall–Kier alpha value is -2.11. The van der Waals surface area contributed by atoms with Gasteiger partial charge in [0.25, 0.3) is 5.96 Å². The average Bonchev–Trinajstić information content (AvgIpc) is 2.04. The summed E-state index contributed by atoms with van der Waals surface area (Å²) in [6.07, 6.45) is 0. The van der Waals surface area contributed by atoms with E-state index in [4.69, 9.17) is 11.1 Å². The zero-order valence-corrected chi connectivity index (χ0v) is 6.68. The Morgan fingerprint density at radius 3 is 2.38 bits per heavy atom. The fourth-order valence-electron chi connectivity index (χ4n) is 0.891. The molecule has 0 saturated heterocycles. The average molecular weight is 180 g/mol. The highest BCUT2D eigenvalue weighted by atomic mass is 16.7. The molecule has 0 atom stereocenters. The van der Waals surface area contributed by atoms with Gasteiger partial charge in [-0.25, -0.2) is 10.1 Å². The molecule has 1 aromatic carbocycles. The number of hydrogen-bond donors (Lipinski definition) is 2. The van der Waals surface area contributed by atoms with Gasteiger partial charge >= 0.3 is 0 Å². The minimum atomic E-state index is -0.738. The molecule has 68 valence electrons. The van der Waals surface area contributed by atoms with Crippen LogP contribution in [0.3, 0.4) is 0 Å². The topological polar surface area (TPSA) is 96.2 Å². The maximum Gasteiger partial charge on any atom is 0.258 e. The first kappa shape index (κ1) is 8.98. The normalized spacial score (nSPS) is 9.23. The molecule has 0 amide bonds. The monoisotopic (exact) mass is 180 g/mol. The number of nitrogens with zero attached hydrogens (tertiary/aromatic N) is 2. The van der Waals surface area contributed by atoms with Crippen molar-refractivity contribution in [1.29, 1.82) is 5.41 Å². The molecule has 0 fully saturated rings. The van der Waals surface area contributed by atoms with Crippen LogP contribution in [0.4, 0.5) is 5.69 Å². The Bertz CT molecular complexity index is 311. The number of para-hydroxylation sites is 1. The van der Waals surface area contributed by atoms with Crippen LogP contribution in [0.25, 0.3) is 0 Å². The van der Waals surface area contributed by atoms with E-state index in [1.165, 1.54) is 12.1 Å². The van der Waals surface area contributed by atoms with Crippen molar-refractivity contribution in [3.8, 4) is 0 Å². The molecule has 1 rings (SSSR count).